The van der Waals surface area contributed by atoms with Crippen molar-refractivity contribution in [3.05, 3.63) is 34.9 Å². The van der Waals surface area contributed by atoms with Crippen molar-refractivity contribution < 1.29 is 0 Å². The minimum absolute atomic E-state index is 0.227. The predicted molar refractivity (Wildman–Crippen MR) is 83.7 cm³/mol. The maximum atomic E-state index is 2.54. The van der Waals surface area contributed by atoms with Crippen LogP contribution in [-0.2, 0) is 17.4 Å². The Morgan fingerprint density at radius 2 is 1.32 bits per heavy atom. The molecule has 0 aliphatic carbocycles. The zero-order valence-electron chi connectivity index (χ0n) is 13.5. The Bertz CT molecular complexity index is 409. The summed E-state index contributed by atoms with van der Waals surface area (Å²) in [5.74, 6) is 0. The Hall–Kier alpha value is -0.820. The standard InChI is InChI=1S/C18H29N/c1-17(2,3)15-10-14(13-19-8-7-9-19)11-16(12-15)18(4,5)6/h10-12H,7-9,13H2,1-6H3. The molecule has 0 spiro atoms. The first kappa shape index (κ1) is 14.6. The molecular weight excluding hydrogens is 230 g/mol. The van der Waals surface area contributed by atoms with E-state index in [9.17, 15) is 0 Å². The lowest BCUT2D eigenvalue weighted by atomic mass is 9.79. The van der Waals surface area contributed by atoms with Gasteiger partial charge in [0.25, 0.3) is 0 Å². The van der Waals surface area contributed by atoms with Crippen LogP contribution < -0.4 is 0 Å². The number of likely N-dealkylation sites (tertiary alicyclic amines) is 1. The van der Waals surface area contributed by atoms with Gasteiger partial charge in [-0.15, -0.1) is 0 Å². The maximum absolute atomic E-state index is 2.54. The monoisotopic (exact) mass is 259 g/mol. The molecule has 0 N–H and O–H groups in total. The van der Waals surface area contributed by atoms with Gasteiger partial charge in [0.05, 0.1) is 0 Å². The van der Waals surface area contributed by atoms with E-state index in [4.69, 9.17) is 0 Å². The number of rotatable bonds is 2. The molecule has 0 amide bonds. The summed E-state index contributed by atoms with van der Waals surface area (Å²) in [7, 11) is 0. The smallest absolute Gasteiger partial charge is 0.0233 e. The second-order valence-corrected chi connectivity index (χ2v) is 8.05. The molecule has 1 saturated heterocycles. The molecule has 1 aliphatic rings. The van der Waals surface area contributed by atoms with E-state index in [1.165, 1.54) is 36.2 Å². The Labute approximate surface area is 119 Å². The van der Waals surface area contributed by atoms with Crippen LogP contribution in [0.2, 0.25) is 0 Å². The summed E-state index contributed by atoms with van der Waals surface area (Å²) in [6.07, 6.45) is 1.37. The third kappa shape index (κ3) is 3.60. The van der Waals surface area contributed by atoms with Crippen molar-refractivity contribution in [1.29, 1.82) is 0 Å². The van der Waals surface area contributed by atoms with Gasteiger partial charge in [-0.1, -0.05) is 59.7 Å². The summed E-state index contributed by atoms with van der Waals surface area (Å²) in [6, 6.07) is 7.22. The molecule has 1 aromatic rings. The molecule has 2 rings (SSSR count). The van der Waals surface area contributed by atoms with Crippen molar-refractivity contribution in [2.75, 3.05) is 13.1 Å². The van der Waals surface area contributed by atoms with Gasteiger partial charge in [-0.25, -0.2) is 0 Å². The zero-order chi connectivity index (χ0) is 14.3. The zero-order valence-corrected chi connectivity index (χ0v) is 13.5. The summed E-state index contributed by atoms with van der Waals surface area (Å²) < 4.78 is 0. The van der Waals surface area contributed by atoms with Crippen LogP contribution in [0.1, 0.15) is 64.7 Å². The van der Waals surface area contributed by atoms with Gasteiger partial charge in [-0.2, -0.15) is 0 Å². The van der Waals surface area contributed by atoms with Gasteiger partial charge >= 0.3 is 0 Å². The van der Waals surface area contributed by atoms with Crippen LogP contribution >= 0.6 is 0 Å². The fourth-order valence-corrected chi connectivity index (χ4v) is 2.45. The average molecular weight is 259 g/mol. The average Bonchev–Trinajstić information content (AvgIpc) is 2.21. The Kier molecular flexibility index (Phi) is 3.79. The fraction of sp³-hybridized carbons (Fsp3) is 0.667. The molecule has 0 bridgehead atoms. The van der Waals surface area contributed by atoms with E-state index in [1.807, 2.05) is 0 Å². The Morgan fingerprint density at radius 3 is 1.63 bits per heavy atom. The number of hydrogen-bond acceptors (Lipinski definition) is 1. The molecule has 19 heavy (non-hydrogen) atoms. The summed E-state index contributed by atoms with van der Waals surface area (Å²) in [5.41, 5.74) is 4.87. The lowest BCUT2D eigenvalue weighted by Crippen LogP contribution is -2.36. The van der Waals surface area contributed by atoms with Crippen LogP contribution in [0, 0.1) is 0 Å². The molecule has 1 fully saturated rings. The van der Waals surface area contributed by atoms with Gasteiger partial charge in [0.2, 0.25) is 0 Å². The number of nitrogens with zero attached hydrogens (tertiary/aromatic N) is 1. The van der Waals surface area contributed by atoms with Crippen molar-refractivity contribution in [2.45, 2.75) is 65.3 Å². The third-order valence-electron chi connectivity index (χ3n) is 4.08. The lowest BCUT2D eigenvalue weighted by Gasteiger charge is -2.32. The number of benzene rings is 1. The van der Waals surface area contributed by atoms with E-state index in [0.29, 0.717) is 0 Å². The van der Waals surface area contributed by atoms with Crippen LogP contribution in [0.3, 0.4) is 0 Å². The molecule has 0 saturated carbocycles. The van der Waals surface area contributed by atoms with E-state index < -0.39 is 0 Å². The SMILES string of the molecule is CC(C)(C)c1cc(CN2CCC2)cc(C(C)(C)C)c1. The summed E-state index contributed by atoms with van der Waals surface area (Å²) in [4.78, 5) is 2.54. The van der Waals surface area contributed by atoms with E-state index in [0.717, 1.165) is 6.54 Å². The normalized spacial score (nSPS) is 17.4. The van der Waals surface area contributed by atoms with Crippen molar-refractivity contribution in [1.82, 2.24) is 4.90 Å². The molecule has 1 aromatic carbocycles. The molecule has 106 valence electrons. The molecule has 0 atom stereocenters. The molecule has 1 heterocycles. The first-order valence-electron chi connectivity index (χ1n) is 7.53. The van der Waals surface area contributed by atoms with Crippen molar-refractivity contribution >= 4 is 0 Å². The third-order valence-corrected chi connectivity index (χ3v) is 4.08. The van der Waals surface area contributed by atoms with Gasteiger partial charge in [0, 0.05) is 6.54 Å². The highest BCUT2D eigenvalue weighted by Gasteiger charge is 2.22. The highest BCUT2D eigenvalue weighted by molar-refractivity contribution is 5.37. The van der Waals surface area contributed by atoms with Gasteiger partial charge in [-0.3, -0.25) is 4.90 Å². The quantitative estimate of drug-likeness (QED) is 0.756. The molecule has 1 heteroatoms. The van der Waals surface area contributed by atoms with E-state index in [-0.39, 0.29) is 10.8 Å². The molecule has 0 radical (unpaired) electrons. The Balaban J connectivity index is 2.36. The lowest BCUT2D eigenvalue weighted by molar-refractivity contribution is 0.172. The second kappa shape index (κ2) is 4.94. The predicted octanol–water partition coefficient (Wildman–Crippen LogP) is 4.49. The molecule has 0 aromatic heterocycles. The molecule has 1 nitrogen and oxygen atoms in total. The van der Waals surface area contributed by atoms with Crippen molar-refractivity contribution in [3.63, 3.8) is 0 Å². The number of hydrogen-bond donors (Lipinski definition) is 0. The van der Waals surface area contributed by atoms with E-state index in [2.05, 4.69) is 64.6 Å². The highest BCUT2D eigenvalue weighted by Crippen LogP contribution is 2.31. The van der Waals surface area contributed by atoms with Gasteiger partial charge in [0.15, 0.2) is 0 Å². The van der Waals surface area contributed by atoms with Gasteiger partial charge in [0.1, 0.15) is 0 Å². The minimum Gasteiger partial charge on any atom is -0.299 e. The summed E-state index contributed by atoms with van der Waals surface area (Å²) in [5, 5.41) is 0. The first-order chi connectivity index (χ1) is 8.66. The molecule has 1 aliphatic heterocycles. The molecule has 0 unspecified atom stereocenters. The second-order valence-electron chi connectivity index (χ2n) is 8.05. The fourth-order valence-electron chi connectivity index (χ4n) is 2.45. The van der Waals surface area contributed by atoms with Crippen LogP contribution in [0.5, 0.6) is 0 Å². The minimum atomic E-state index is 0.227. The largest absolute Gasteiger partial charge is 0.299 e. The highest BCUT2D eigenvalue weighted by atomic mass is 15.2. The maximum Gasteiger partial charge on any atom is 0.0233 e. The van der Waals surface area contributed by atoms with Crippen LogP contribution in [0.25, 0.3) is 0 Å². The van der Waals surface area contributed by atoms with E-state index in [1.54, 1.807) is 0 Å². The Morgan fingerprint density at radius 1 is 0.842 bits per heavy atom. The van der Waals surface area contributed by atoms with E-state index >= 15 is 0 Å². The van der Waals surface area contributed by atoms with Crippen LogP contribution in [0.4, 0.5) is 0 Å². The molecular formula is C18H29N. The van der Waals surface area contributed by atoms with Crippen molar-refractivity contribution in [2.24, 2.45) is 0 Å². The van der Waals surface area contributed by atoms with Crippen LogP contribution in [0.15, 0.2) is 18.2 Å². The van der Waals surface area contributed by atoms with Gasteiger partial charge < -0.3 is 0 Å². The first-order valence-corrected chi connectivity index (χ1v) is 7.53. The van der Waals surface area contributed by atoms with Gasteiger partial charge in [-0.05, 0) is 47.0 Å². The summed E-state index contributed by atoms with van der Waals surface area (Å²) in [6.45, 7) is 17.5. The topological polar surface area (TPSA) is 3.24 Å². The summed E-state index contributed by atoms with van der Waals surface area (Å²) >= 11 is 0. The van der Waals surface area contributed by atoms with Crippen LogP contribution in [-0.4, -0.2) is 18.0 Å². The van der Waals surface area contributed by atoms with Crippen molar-refractivity contribution in [3.8, 4) is 0 Å².